The van der Waals surface area contributed by atoms with Crippen LogP contribution in [0.4, 0.5) is 6.01 Å². The summed E-state index contributed by atoms with van der Waals surface area (Å²) >= 11 is 0. The molecule has 178 valence electrons. The molecule has 0 saturated heterocycles. The molecular formula is C25H35N5O3. The van der Waals surface area contributed by atoms with Gasteiger partial charge in [0, 0.05) is 44.8 Å². The molecule has 3 aromatic rings. The summed E-state index contributed by atoms with van der Waals surface area (Å²) in [5, 5.41) is 10.8. The SMILES string of the molecule is CCN(C)c1nc2ccc(C(=O)N(CCN(C)C)C[C@@H](O)[C@@H](N)Cc3ccccc3)cc2o1. The van der Waals surface area contributed by atoms with Crippen molar-refractivity contribution in [3.63, 3.8) is 0 Å². The van der Waals surface area contributed by atoms with Crippen molar-refractivity contribution in [3.05, 3.63) is 59.7 Å². The van der Waals surface area contributed by atoms with E-state index in [1.807, 2.05) is 68.2 Å². The Morgan fingerprint density at radius 1 is 1.12 bits per heavy atom. The van der Waals surface area contributed by atoms with E-state index >= 15 is 0 Å². The van der Waals surface area contributed by atoms with Gasteiger partial charge in [0.05, 0.1) is 6.10 Å². The number of aliphatic hydroxyl groups is 1. The number of rotatable bonds is 11. The largest absolute Gasteiger partial charge is 0.423 e. The van der Waals surface area contributed by atoms with E-state index in [1.165, 1.54) is 0 Å². The first kappa shape index (κ1) is 24.7. The number of anilines is 1. The second kappa shape index (κ2) is 11.3. The van der Waals surface area contributed by atoms with Crippen molar-refractivity contribution in [3.8, 4) is 0 Å². The quantitative estimate of drug-likeness (QED) is 0.459. The first-order valence-electron chi connectivity index (χ1n) is 11.3. The van der Waals surface area contributed by atoms with Crippen molar-refractivity contribution in [2.24, 2.45) is 5.73 Å². The summed E-state index contributed by atoms with van der Waals surface area (Å²) in [7, 11) is 5.80. The Kier molecular flexibility index (Phi) is 8.43. The summed E-state index contributed by atoms with van der Waals surface area (Å²) in [5.41, 5.74) is 9.09. The van der Waals surface area contributed by atoms with Crippen LogP contribution in [0.25, 0.3) is 11.1 Å². The Morgan fingerprint density at radius 2 is 1.85 bits per heavy atom. The molecule has 0 aliphatic rings. The second-order valence-electron chi connectivity index (χ2n) is 8.67. The molecule has 0 saturated carbocycles. The molecule has 0 aliphatic carbocycles. The summed E-state index contributed by atoms with van der Waals surface area (Å²) in [6, 6.07) is 15.1. The van der Waals surface area contributed by atoms with Crippen LogP contribution in [0.15, 0.2) is 52.9 Å². The molecule has 0 aliphatic heterocycles. The Hall–Kier alpha value is -2.94. The number of benzene rings is 2. The smallest absolute Gasteiger partial charge is 0.298 e. The molecule has 3 N–H and O–H groups in total. The van der Waals surface area contributed by atoms with E-state index in [-0.39, 0.29) is 12.5 Å². The number of aromatic nitrogens is 1. The molecule has 33 heavy (non-hydrogen) atoms. The maximum absolute atomic E-state index is 13.4. The van der Waals surface area contributed by atoms with Gasteiger partial charge in [-0.3, -0.25) is 4.79 Å². The highest BCUT2D eigenvalue weighted by Crippen LogP contribution is 2.23. The Labute approximate surface area is 195 Å². The van der Waals surface area contributed by atoms with Gasteiger partial charge >= 0.3 is 0 Å². The summed E-state index contributed by atoms with van der Waals surface area (Å²) in [6.07, 6.45) is -0.315. The monoisotopic (exact) mass is 453 g/mol. The van der Waals surface area contributed by atoms with Crippen LogP contribution in [0.2, 0.25) is 0 Å². The number of amides is 1. The van der Waals surface area contributed by atoms with E-state index in [0.717, 1.165) is 12.1 Å². The van der Waals surface area contributed by atoms with Crippen molar-refractivity contribution >= 4 is 23.0 Å². The molecule has 1 heterocycles. The molecule has 0 radical (unpaired) electrons. The zero-order chi connectivity index (χ0) is 24.0. The Morgan fingerprint density at radius 3 is 2.52 bits per heavy atom. The van der Waals surface area contributed by atoms with Crippen LogP contribution >= 0.6 is 0 Å². The highest BCUT2D eigenvalue weighted by atomic mass is 16.4. The number of likely N-dealkylation sites (N-methyl/N-ethyl adjacent to an activating group) is 1. The van der Waals surface area contributed by atoms with E-state index in [9.17, 15) is 9.90 Å². The van der Waals surface area contributed by atoms with Gasteiger partial charge in [-0.05, 0) is 51.2 Å². The first-order chi connectivity index (χ1) is 15.8. The molecule has 2 aromatic carbocycles. The molecular weight excluding hydrogens is 418 g/mol. The minimum Gasteiger partial charge on any atom is -0.423 e. The summed E-state index contributed by atoms with van der Waals surface area (Å²) in [6.45, 7) is 4.07. The number of nitrogens with two attached hydrogens (primary N) is 1. The molecule has 0 fully saturated rings. The summed E-state index contributed by atoms with van der Waals surface area (Å²) < 4.78 is 5.84. The molecule has 2 atom stereocenters. The van der Waals surface area contributed by atoms with Crippen LogP contribution in [0.1, 0.15) is 22.8 Å². The third kappa shape index (κ3) is 6.54. The van der Waals surface area contributed by atoms with Crippen LogP contribution in [0.3, 0.4) is 0 Å². The van der Waals surface area contributed by atoms with E-state index in [4.69, 9.17) is 10.2 Å². The van der Waals surface area contributed by atoms with Gasteiger partial charge in [-0.15, -0.1) is 0 Å². The van der Waals surface area contributed by atoms with Crippen LogP contribution in [-0.4, -0.2) is 85.3 Å². The van der Waals surface area contributed by atoms with Gasteiger partial charge in [-0.1, -0.05) is 30.3 Å². The molecule has 0 unspecified atom stereocenters. The number of nitrogens with zero attached hydrogens (tertiary/aromatic N) is 4. The number of carbonyl (C=O) groups excluding carboxylic acids is 1. The van der Waals surface area contributed by atoms with Crippen molar-refractivity contribution in [2.75, 3.05) is 52.2 Å². The Bertz CT molecular complexity index is 1040. The number of oxazole rings is 1. The molecule has 3 rings (SSSR count). The zero-order valence-electron chi connectivity index (χ0n) is 19.9. The highest BCUT2D eigenvalue weighted by Gasteiger charge is 2.24. The maximum atomic E-state index is 13.4. The zero-order valence-corrected chi connectivity index (χ0v) is 19.9. The normalized spacial score (nSPS) is 13.3. The maximum Gasteiger partial charge on any atom is 0.298 e. The topological polar surface area (TPSA) is 99.1 Å². The van der Waals surface area contributed by atoms with Gasteiger partial charge in [0.25, 0.3) is 11.9 Å². The van der Waals surface area contributed by atoms with Gasteiger partial charge < -0.3 is 30.0 Å². The fourth-order valence-electron chi connectivity index (χ4n) is 3.51. The number of fused-ring (bicyclic) bond motifs is 1. The van der Waals surface area contributed by atoms with Crippen LogP contribution < -0.4 is 10.6 Å². The predicted molar refractivity (Wildman–Crippen MR) is 132 cm³/mol. The van der Waals surface area contributed by atoms with Gasteiger partial charge in [-0.25, -0.2) is 0 Å². The van der Waals surface area contributed by atoms with E-state index in [0.29, 0.717) is 42.2 Å². The average molecular weight is 454 g/mol. The van der Waals surface area contributed by atoms with E-state index in [1.54, 1.807) is 23.1 Å². The Balaban J connectivity index is 1.76. The van der Waals surface area contributed by atoms with Crippen LogP contribution in [0, 0.1) is 0 Å². The fourth-order valence-corrected chi connectivity index (χ4v) is 3.51. The lowest BCUT2D eigenvalue weighted by Crippen LogP contribution is -2.48. The van der Waals surface area contributed by atoms with Crippen LogP contribution in [-0.2, 0) is 6.42 Å². The lowest BCUT2D eigenvalue weighted by Gasteiger charge is -2.29. The average Bonchev–Trinajstić information content (AvgIpc) is 3.24. The minimum atomic E-state index is -0.852. The molecule has 1 aromatic heterocycles. The van der Waals surface area contributed by atoms with Crippen molar-refractivity contribution in [1.29, 1.82) is 0 Å². The second-order valence-corrected chi connectivity index (χ2v) is 8.67. The van der Waals surface area contributed by atoms with Crippen molar-refractivity contribution in [1.82, 2.24) is 14.8 Å². The fraction of sp³-hybridized carbons (Fsp3) is 0.440. The standard InChI is InChI=1S/C25H35N5O3/c1-5-29(4)25-27-21-12-11-19(16-23(21)33-25)24(32)30(14-13-28(2)3)17-22(31)20(26)15-18-9-7-6-8-10-18/h6-12,16,20,22,31H,5,13-15,17,26H2,1-4H3/t20-,22+/m0/s1. The van der Waals surface area contributed by atoms with Gasteiger partial charge in [-0.2, -0.15) is 4.98 Å². The highest BCUT2D eigenvalue weighted by molar-refractivity contribution is 5.97. The van der Waals surface area contributed by atoms with Gasteiger partial charge in [0.15, 0.2) is 5.58 Å². The number of hydrogen-bond acceptors (Lipinski definition) is 7. The molecule has 8 nitrogen and oxygen atoms in total. The predicted octanol–water partition coefficient (Wildman–Crippen LogP) is 2.22. The first-order valence-corrected chi connectivity index (χ1v) is 11.3. The van der Waals surface area contributed by atoms with Gasteiger partial charge in [0.2, 0.25) is 0 Å². The van der Waals surface area contributed by atoms with Gasteiger partial charge in [0.1, 0.15) is 5.52 Å². The molecule has 8 heteroatoms. The summed E-state index contributed by atoms with van der Waals surface area (Å²) in [5.74, 6) is -0.175. The molecule has 1 amide bonds. The van der Waals surface area contributed by atoms with Crippen molar-refractivity contribution < 1.29 is 14.3 Å². The lowest BCUT2D eigenvalue weighted by atomic mass is 10.0. The third-order valence-corrected chi connectivity index (χ3v) is 5.75. The van der Waals surface area contributed by atoms with Crippen molar-refractivity contribution in [2.45, 2.75) is 25.5 Å². The number of hydrogen-bond donors (Lipinski definition) is 2. The number of carbonyl (C=O) groups is 1. The van der Waals surface area contributed by atoms with E-state index in [2.05, 4.69) is 4.98 Å². The van der Waals surface area contributed by atoms with E-state index < -0.39 is 12.1 Å². The number of aliphatic hydroxyl groups excluding tert-OH is 1. The minimum absolute atomic E-state index is 0.152. The third-order valence-electron chi connectivity index (χ3n) is 5.75. The van der Waals surface area contributed by atoms with Crippen LogP contribution in [0.5, 0.6) is 0 Å². The lowest BCUT2D eigenvalue weighted by molar-refractivity contribution is 0.0559. The summed E-state index contributed by atoms with van der Waals surface area (Å²) in [4.78, 5) is 23.4. The molecule has 0 spiro atoms. The molecule has 0 bridgehead atoms.